The second kappa shape index (κ2) is 6.06. The third-order valence-corrected chi connectivity index (χ3v) is 6.65. The van der Waals surface area contributed by atoms with Crippen LogP contribution >= 0.6 is 0 Å². The number of nitrogens with zero attached hydrogens (tertiary/aromatic N) is 1. The molecule has 0 fully saturated rings. The van der Waals surface area contributed by atoms with Crippen LogP contribution in [0.4, 0.5) is 0 Å². The Morgan fingerprint density at radius 2 is 1.70 bits per heavy atom. The first-order chi connectivity index (χ1) is 12.8. The number of aromatic nitrogens is 1. The summed E-state index contributed by atoms with van der Waals surface area (Å²) < 4.78 is 13.3. The molecule has 131 valence electrons. The van der Waals surface area contributed by atoms with Crippen LogP contribution < -0.4 is 0 Å². The molecule has 1 aromatic heterocycles. The zero-order valence-electron chi connectivity index (χ0n) is 14.0. The van der Waals surface area contributed by atoms with Gasteiger partial charge in [-0.15, -0.1) is 29.8 Å². The topological polar surface area (TPSA) is 30.0 Å². The molecule has 0 amide bonds. The number of hydrogen-bond donors (Lipinski definition) is 0. The maximum Gasteiger partial charge on any atom is 0.0420 e. The molecule has 1 radical (unpaired) electrons. The second-order valence-electron chi connectivity index (χ2n) is 6.52. The fraction of sp³-hybridized carbons (Fsp3) is 0. The van der Waals surface area contributed by atoms with Crippen LogP contribution in [0.2, 0.25) is 0 Å². The van der Waals surface area contributed by atoms with Crippen LogP contribution in [-0.4, -0.2) is 9.19 Å². The molecule has 0 aliphatic carbocycles. The normalized spacial score (nSPS) is 14.9. The first-order valence-electron chi connectivity index (χ1n) is 8.49. The minimum atomic E-state index is -1.23. The summed E-state index contributed by atoms with van der Waals surface area (Å²) in [5, 5.41) is 6.77. The molecule has 2 nitrogen and oxygen atoms in total. The molecule has 0 N–H and O–H groups in total. The SMILES string of the molecule is O=S1c2ccc[c-]c2-c2nccc3c2c1cc1c2ccccc2ccc31.[Ir]. The van der Waals surface area contributed by atoms with Gasteiger partial charge < -0.3 is 4.98 Å². The molecule has 1 aliphatic rings. The van der Waals surface area contributed by atoms with Gasteiger partial charge in [0.1, 0.15) is 0 Å². The molecule has 27 heavy (non-hydrogen) atoms. The minimum absolute atomic E-state index is 0. The predicted octanol–water partition coefficient (Wildman–Crippen LogP) is 5.49. The Balaban J connectivity index is 0.00000160. The summed E-state index contributed by atoms with van der Waals surface area (Å²) in [6.07, 6.45) is 1.84. The molecular formula is C23H12IrNOS-. The standard InChI is InChI=1S/C23H12NOS.Ir/c25-26-20-8-4-3-7-18(20)23-22-17(11-12-24-23)16-10-9-14-5-1-2-6-15(14)19(16)13-21(22)26;/h1-6,8-13H;/q-1;. The molecular weight excluding hydrogens is 531 g/mol. The average Bonchev–Trinajstić information content (AvgIpc) is 2.71. The van der Waals surface area contributed by atoms with Gasteiger partial charge in [0.05, 0.1) is 0 Å². The summed E-state index contributed by atoms with van der Waals surface area (Å²) in [7, 11) is -1.23. The first kappa shape index (κ1) is 16.8. The summed E-state index contributed by atoms with van der Waals surface area (Å²) in [4.78, 5) is 6.25. The summed E-state index contributed by atoms with van der Waals surface area (Å²) >= 11 is 0. The smallest absolute Gasteiger partial charge is 0.0420 e. The quantitative estimate of drug-likeness (QED) is 0.188. The van der Waals surface area contributed by atoms with Gasteiger partial charge in [-0.2, -0.15) is 0 Å². The van der Waals surface area contributed by atoms with Crippen molar-refractivity contribution >= 4 is 43.1 Å². The molecule has 4 aromatic carbocycles. The van der Waals surface area contributed by atoms with E-state index >= 15 is 0 Å². The van der Waals surface area contributed by atoms with Crippen molar-refractivity contribution in [2.24, 2.45) is 0 Å². The number of hydrogen-bond acceptors (Lipinski definition) is 2. The van der Waals surface area contributed by atoms with Gasteiger partial charge in [0, 0.05) is 42.0 Å². The van der Waals surface area contributed by atoms with E-state index in [-0.39, 0.29) is 20.1 Å². The predicted molar refractivity (Wildman–Crippen MR) is 106 cm³/mol. The Morgan fingerprint density at radius 3 is 2.63 bits per heavy atom. The maximum absolute atomic E-state index is 13.3. The molecule has 1 aliphatic heterocycles. The molecule has 0 saturated heterocycles. The fourth-order valence-corrected chi connectivity index (χ4v) is 5.44. The maximum atomic E-state index is 13.3. The van der Waals surface area contributed by atoms with E-state index in [9.17, 15) is 4.21 Å². The van der Waals surface area contributed by atoms with Crippen LogP contribution in [0, 0.1) is 6.07 Å². The molecule has 2 heterocycles. The number of fused-ring (bicyclic) bond motifs is 6. The molecule has 4 heteroatoms. The van der Waals surface area contributed by atoms with E-state index < -0.39 is 10.8 Å². The van der Waals surface area contributed by atoms with Gasteiger partial charge in [-0.1, -0.05) is 36.4 Å². The van der Waals surface area contributed by atoms with Crippen molar-refractivity contribution in [3.05, 3.63) is 79.0 Å². The van der Waals surface area contributed by atoms with Gasteiger partial charge in [-0.25, -0.2) is 0 Å². The van der Waals surface area contributed by atoms with E-state index in [0.717, 1.165) is 37.2 Å². The molecule has 1 atom stereocenters. The van der Waals surface area contributed by atoms with Crippen molar-refractivity contribution in [2.75, 3.05) is 0 Å². The van der Waals surface area contributed by atoms with Crippen molar-refractivity contribution in [2.45, 2.75) is 9.79 Å². The number of benzene rings is 4. The molecule has 0 bridgehead atoms. The molecule has 5 aromatic rings. The Hall–Kier alpha value is -2.39. The second-order valence-corrected chi connectivity index (χ2v) is 7.93. The van der Waals surface area contributed by atoms with Gasteiger partial charge in [0.15, 0.2) is 0 Å². The van der Waals surface area contributed by atoms with Gasteiger partial charge in [-0.3, -0.25) is 4.21 Å². The van der Waals surface area contributed by atoms with E-state index in [1.54, 1.807) is 0 Å². The number of rotatable bonds is 0. The van der Waals surface area contributed by atoms with Crippen LogP contribution in [0.1, 0.15) is 0 Å². The van der Waals surface area contributed by atoms with E-state index in [1.165, 1.54) is 16.2 Å². The Kier molecular flexibility index (Phi) is 3.76. The van der Waals surface area contributed by atoms with Crippen molar-refractivity contribution < 1.29 is 24.3 Å². The zero-order valence-corrected chi connectivity index (χ0v) is 17.2. The zero-order chi connectivity index (χ0) is 17.3. The van der Waals surface area contributed by atoms with Crippen molar-refractivity contribution in [3.8, 4) is 11.3 Å². The van der Waals surface area contributed by atoms with Crippen molar-refractivity contribution in [1.82, 2.24) is 4.98 Å². The minimum Gasteiger partial charge on any atom is -0.304 e. The van der Waals surface area contributed by atoms with E-state index in [1.807, 2.05) is 36.5 Å². The van der Waals surface area contributed by atoms with E-state index in [0.29, 0.717) is 0 Å². The summed E-state index contributed by atoms with van der Waals surface area (Å²) in [6.45, 7) is 0. The first-order valence-corrected chi connectivity index (χ1v) is 9.64. The largest absolute Gasteiger partial charge is 0.304 e. The van der Waals surface area contributed by atoms with Crippen molar-refractivity contribution in [3.63, 3.8) is 0 Å². The molecule has 1 unspecified atom stereocenters. The summed E-state index contributed by atoms with van der Waals surface area (Å²) in [5.74, 6) is 0. The van der Waals surface area contributed by atoms with Crippen LogP contribution in [0.3, 0.4) is 0 Å². The van der Waals surface area contributed by atoms with Crippen LogP contribution in [0.5, 0.6) is 0 Å². The van der Waals surface area contributed by atoms with E-state index in [2.05, 4.69) is 47.4 Å². The van der Waals surface area contributed by atoms with Gasteiger partial charge in [0.2, 0.25) is 0 Å². The monoisotopic (exact) mass is 543 g/mol. The number of pyridine rings is 1. The Morgan fingerprint density at radius 1 is 0.815 bits per heavy atom. The van der Waals surface area contributed by atoms with Crippen LogP contribution in [0.15, 0.2) is 82.7 Å². The van der Waals surface area contributed by atoms with Crippen LogP contribution in [-0.2, 0) is 30.9 Å². The Bertz CT molecular complexity index is 1410. The summed E-state index contributed by atoms with van der Waals surface area (Å²) in [5.41, 5.74) is 1.73. The molecule has 6 rings (SSSR count). The van der Waals surface area contributed by atoms with E-state index in [4.69, 9.17) is 0 Å². The molecule has 0 spiro atoms. The third-order valence-electron chi connectivity index (χ3n) is 5.19. The van der Waals surface area contributed by atoms with Gasteiger partial charge >= 0.3 is 0 Å². The Labute approximate surface area is 172 Å². The average molecular weight is 543 g/mol. The fourth-order valence-electron chi connectivity index (χ4n) is 4.04. The van der Waals surface area contributed by atoms with Crippen LogP contribution in [0.25, 0.3) is 43.6 Å². The van der Waals surface area contributed by atoms with Gasteiger partial charge in [0.25, 0.3) is 0 Å². The van der Waals surface area contributed by atoms with Gasteiger partial charge in [-0.05, 0) is 55.0 Å². The summed E-state index contributed by atoms with van der Waals surface area (Å²) in [6, 6.07) is 25.7. The molecule has 0 saturated carbocycles. The van der Waals surface area contributed by atoms with Crippen molar-refractivity contribution in [1.29, 1.82) is 0 Å². The third kappa shape index (κ3) is 2.21.